The maximum absolute atomic E-state index is 12.0. The summed E-state index contributed by atoms with van der Waals surface area (Å²) < 4.78 is 0.814. The first-order chi connectivity index (χ1) is 9.60. The molecule has 0 aromatic carbocycles. The molecule has 0 saturated heterocycles. The molecule has 20 heavy (non-hydrogen) atoms. The number of thioether (sulfide) groups is 1. The molecule has 0 radical (unpaired) electrons. The van der Waals surface area contributed by atoms with E-state index in [0.29, 0.717) is 10.0 Å². The lowest BCUT2D eigenvalue weighted by Gasteiger charge is -2.02. The number of carbonyl (C=O) groups excluding carboxylic acids is 1. The summed E-state index contributed by atoms with van der Waals surface area (Å²) in [7, 11) is 0. The van der Waals surface area contributed by atoms with Crippen molar-refractivity contribution in [3.05, 3.63) is 42.9 Å². The van der Waals surface area contributed by atoms with Gasteiger partial charge in [-0.1, -0.05) is 25.1 Å². The van der Waals surface area contributed by atoms with Crippen LogP contribution in [0.3, 0.4) is 0 Å². The second kappa shape index (κ2) is 7.19. The number of nitrogens with zero attached hydrogens (tertiary/aromatic N) is 1. The van der Waals surface area contributed by atoms with Crippen LogP contribution in [0.2, 0.25) is 0 Å². The summed E-state index contributed by atoms with van der Waals surface area (Å²) in [6.07, 6.45) is 1.70. The van der Waals surface area contributed by atoms with E-state index in [1.165, 1.54) is 29.2 Å². The highest BCUT2D eigenvalue weighted by Gasteiger charge is 2.13. The zero-order valence-corrected chi connectivity index (χ0v) is 14.0. The van der Waals surface area contributed by atoms with Crippen LogP contribution in [0.4, 0.5) is 0 Å². The lowest BCUT2D eigenvalue weighted by Crippen LogP contribution is -2.11. The van der Waals surface area contributed by atoms with E-state index < -0.39 is 0 Å². The van der Waals surface area contributed by atoms with E-state index in [4.69, 9.17) is 0 Å². The Hall–Kier alpha value is -0.920. The maximum atomic E-state index is 12.0. The van der Waals surface area contributed by atoms with Crippen LogP contribution in [0.5, 0.6) is 0 Å². The number of halogens is 1. The Morgan fingerprint density at radius 3 is 3.00 bits per heavy atom. The number of carbonyl (C=O) groups is 1. The number of thiophene rings is 1. The van der Waals surface area contributed by atoms with Crippen molar-refractivity contribution >= 4 is 44.8 Å². The van der Waals surface area contributed by atoms with Crippen LogP contribution >= 0.6 is 39.0 Å². The van der Waals surface area contributed by atoms with Crippen LogP contribution in [0.1, 0.15) is 28.7 Å². The Morgan fingerprint density at radius 1 is 1.55 bits per heavy atom. The van der Waals surface area contributed by atoms with Crippen molar-refractivity contribution in [1.29, 1.82) is 0 Å². The van der Waals surface area contributed by atoms with E-state index in [1.807, 2.05) is 18.4 Å². The summed E-state index contributed by atoms with van der Waals surface area (Å²) in [5.41, 5.74) is 0.596. The molecule has 0 spiro atoms. The van der Waals surface area contributed by atoms with Gasteiger partial charge in [0.2, 0.25) is 0 Å². The molecule has 0 amide bonds. The molecule has 0 fully saturated rings. The molecule has 0 unspecified atom stereocenters. The van der Waals surface area contributed by atoms with E-state index in [9.17, 15) is 9.59 Å². The van der Waals surface area contributed by atoms with Gasteiger partial charge >= 0.3 is 0 Å². The van der Waals surface area contributed by atoms with Crippen molar-refractivity contribution in [3.8, 4) is 0 Å². The highest BCUT2D eigenvalue weighted by Crippen LogP contribution is 2.25. The van der Waals surface area contributed by atoms with Crippen LogP contribution in [0.15, 0.2) is 31.9 Å². The number of rotatable bonds is 6. The molecule has 2 heterocycles. The molecule has 2 rings (SSSR count). The molecule has 0 saturated carbocycles. The van der Waals surface area contributed by atoms with Crippen molar-refractivity contribution in [2.75, 3.05) is 5.75 Å². The standard InChI is InChI=1S/C13H13BrN2O2S2/c1-2-3-8-6-11(18)16-13(15-8)20-7-10(17)12-9(14)4-5-19-12/h4-6H,2-3,7H2,1H3,(H,15,16,18). The van der Waals surface area contributed by atoms with Crippen molar-refractivity contribution < 1.29 is 4.79 Å². The molecule has 2 aromatic rings. The van der Waals surface area contributed by atoms with Gasteiger partial charge in [0.1, 0.15) is 0 Å². The second-order valence-electron chi connectivity index (χ2n) is 4.10. The average Bonchev–Trinajstić information content (AvgIpc) is 2.82. The fraction of sp³-hybridized carbons (Fsp3) is 0.308. The average molecular weight is 373 g/mol. The summed E-state index contributed by atoms with van der Waals surface area (Å²) in [5.74, 6) is 0.290. The first kappa shape index (κ1) is 15.5. The van der Waals surface area contributed by atoms with Crippen LogP contribution in [-0.2, 0) is 6.42 Å². The topological polar surface area (TPSA) is 62.8 Å². The Morgan fingerprint density at radius 2 is 2.35 bits per heavy atom. The minimum atomic E-state index is -0.171. The first-order valence-corrected chi connectivity index (χ1v) is 8.75. The molecule has 0 atom stereocenters. The number of nitrogens with one attached hydrogen (secondary N) is 1. The zero-order valence-electron chi connectivity index (χ0n) is 10.8. The normalized spacial score (nSPS) is 10.7. The fourth-order valence-corrected chi connectivity index (χ4v) is 4.02. The number of H-pyrrole nitrogens is 1. The maximum Gasteiger partial charge on any atom is 0.251 e. The van der Waals surface area contributed by atoms with Gasteiger partial charge in [-0.25, -0.2) is 4.98 Å². The molecule has 106 valence electrons. The SMILES string of the molecule is CCCc1cc(=O)[nH]c(SCC(=O)c2sccc2Br)n1. The number of aromatic amines is 1. The molecule has 0 aliphatic rings. The number of ketones is 1. The predicted octanol–water partition coefficient (Wildman–Crippen LogP) is 3.52. The number of hydrogen-bond acceptors (Lipinski definition) is 5. The highest BCUT2D eigenvalue weighted by atomic mass is 79.9. The van der Waals surface area contributed by atoms with Gasteiger partial charge in [0, 0.05) is 16.2 Å². The van der Waals surface area contributed by atoms with E-state index in [-0.39, 0.29) is 17.1 Å². The number of aromatic nitrogens is 2. The lowest BCUT2D eigenvalue weighted by molar-refractivity contribution is 0.102. The van der Waals surface area contributed by atoms with Gasteiger partial charge in [-0.05, 0) is 33.8 Å². The molecule has 1 N–H and O–H groups in total. The summed E-state index contributed by atoms with van der Waals surface area (Å²) in [4.78, 5) is 31.3. The molecule has 7 heteroatoms. The lowest BCUT2D eigenvalue weighted by atomic mass is 10.2. The highest BCUT2D eigenvalue weighted by molar-refractivity contribution is 9.10. The van der Waals surface area contributed by atoms with Gasteiger partial charge in [-0.3, -0.25) is 9.59 Å². The number of Topliss-reactive ketones (excluding diaryl/α,β-unsaturated/α-hetero) is 1. The first-order valence-electron chi connectivity index (χ1n) is 6.09. The number of hydrogen-bond donors (Lipinski definition) is 1. The summed E-state index contributed by atoms with van der Waals surface area (Å²) in [5, 5.41) is 2.37. The Kier molecular flexibility index (Phi) is 5.56. The van der Waals surface area contributed by atoms with Gasteiger partial charge in [0.05, 0.1) is 10.6 Å². The van der Waals surface area contributed by atoms with Crippen molar-refractivity contribution in [3.63, 3.8) is 0 Å². The van der Waals surface area contributed by atoms with Gasteiger partial charge < -0.3 is 4.98 Å². The molecule has 2 aromatic heterocycles. The summed E-state index contributed by atoms with van der Waals surface area (Å²) in [6, 6.07) is 3.36. The molecular weight excluding hydrogens is 360 g/mol. The Bertz CT molecular complexity index is 666. The third kappa shape index (κ3) is 4.04. The van der Waals surface area contributed by atoms with Crippen molar-refractivity contribution in [2.45, 2.75) is 24.9 Å². The molecule has 0 aliphatic carbocycles. The van der Waals surface area contributed by atoms with Crippen LogP contribution in [0.25, 0.3) is 0 Å². The Labute approximate surface area is 133 Å². The molecule has 4 nitrogen and oxygen atoms in total. The fourth-order valence-electron chi connectivity index (χ4n) is 1.63. The monoisotopic (exact) mass is 372 g/mol. The van der Waals surface area contributed by atoms with Gasteiger partial charge in [-0.15, -0.1) is 11.3 Å². The minimum absolute atomic E-state index is 0.0282. The molecule has 0 bridgehead atoms. The van der Waals surface area contributed by atoms with Gasteiger partial charge in [-0.2, -0.15) is 0 Å². The zero-order chi connectivity index (χ0) is 14.5. The van der Waals surface area contributed by atoms with Crippen LogP contribution < -0.4 is 5.56 Å². The number of aryl methyl sites for hydroxylation is 1. The van der Waals surface area contributed by atoms with Crippen LogP contribution in [-0.4, -0.2) is 21.5 Å². The van der Waals surface area contributed by atoms with Gasteiger partial charge in [0.25, 0.3) is 5.56 Å². The van der Waals surface area contributed by atoms with E-state index in [0.717, 1.165) is 23.0 Å². The summed E-state index contributed by atoms with van der Waals surface area (Å²) >= 11 is 6.01. The predicted molar refractivity (Wildman–Crippen MR) is 85.9 cm³/mol. The molecular formula is C13H13BrN2O2S2. The molecule has 0 aliphatic heterocycles. The van der Waals surface area contributed by atoms with Crippen molar-refractivity contribution in [1.82, 2.24) is 9.97 Å². The smallest absolute Gasteiger partial charge is 0.251 e. The third-order valence-corrected chi connectivity index (χ3v) is 5.24. The van der Waals surface area contributed by atoms with E-state index in [1.54, 1.807) is 0 Å². The van der Waals surface area contributed by atoms with Gasteiger partial charge in [0.15, 0.2) is 10.9 Å². The third-order valence-electron chi connectivity index (χ3n) is 2.49. The Balaban J connectivity index is 2.05. The van der Waals surface area contributed by atoms with E-state index >= 15 is 0 Å². The largest absolute Gasteiger partial charge is 0.301 e. The minimum Gasteiger partial charge on any atom is -0.301 e. The van der Waals surface area contributed by atoms with E-state index in [2.05, 4.69) is 25.9 Å². The second-order valence-corrected chi connectivity index (χ2v) is 6.84. The summed E-state index contributed by atoms with van der Waals surface area (Å²) in [6.45, 7) is 2.04. The van der Waals surface area contributed by atoms with Crippen LogP contribution in [0, 0.1) is 0 Å². The van der Waals surface area contributed by atoms with Crippen molar-refractivity contribution in [2.24, 2.45) is 0 Å². The quantitative estimate of drug-likeness (QED) is 0.478.